The van der Waals surface area contributed by atoms with E-state index in [0.29, 0.717) is 12.3 Å². The molecule has 2 aromatic rings. The smallest absolute Gasteiger partial charge is 0.258 e. The van der Waals surface area contributed by atoms with E-state index >= 15 is 0 Å². The maximum atomic E-state index is 11.6. The molecule has 0 aromatic heterocycles. The first-order chi connectivity index (χ1) is 10.2. The van der Waals surface area contributed by atoms with E-state index in [2.05, 4.69) is 0 Å². The summed E-state index contributed by atoms with van der Waals surface area (Å²) in [5.74, 6) is 0.178. The van der Waals surface area contributed by atoms with E-state index in [9.17, 15) is 9.59 Å². The highest BCUT2D eigenvalue weighted by Crippen LogP contribution is 2.20. The van der Waals surface area contributed by atoms with Crippen LogP contribution in [0.1, 0.15) is 5.56 Å². The number of amides is 2. The number of nitrogens with zero attached hydrogens (tertiary/aromatic N) is 1. The van der Waals surface area contributed by atoms with E-state index in [1.54, 1.807) is 12.1 Å². The van der Waals surface area contributed by atoms with Crippen molar-refractivity contribution in [2.24, 2.45) is 0 Å². The van der Waals surface area contributed by atoms with Gasteiger partial charge in [-0.15, -0.1) is 0 Å². The van der Waals surface area contributed by atoms with Crippen LogP contribution in [0.3, 0.4) is 0 Å². The fourth-order valence-electron chi connectivity index (χ4n) is 2.08. The van der Waals surface area contributed by atoms with Crippen molar-refractivity contribution in [2.75, 3.05) is 4.90 Å². The monoisotopic (exact) mass is 279 g/mol. The van der Waals surface area contributed by atoms with Crippen LogP contribution >= 0.6 is 0 Å². The van der Waals surface area contributed by atoms with Crippen LogP contribution in [0.2, 0.25) is 0 Å². The Labute approximate surface area is 122 Å². The molecule has 104 valence electrons. The second-order valence-corrected chi connectivity index (χ2v) is 4.61. The Kier molecular flexibility index (Phi) is 3.51. The Morgan fingerprint density at radius 3 is 2.05 bits per heavy atom. The minimum absolute atomic E-state index is 0.312. The fraction of sp³-hybridized carbons (Fsp3) is 0.0588. The molecule has 0 N–H and O–H groups in total. The molecule has 0 fully saturated rings. The Morgan fingerprint density at radius 2 is 1.43 bits per heavy atom. The molecule has 0 atom stereocenters. The molecule has 0 unspecified atom stereocenters. The van der Waals surface area contributed by atoms with E-state index in [4.69, 9.17) is 4.74 Å². The Morgan fingerprint density at radius 1 is 0.810 bits per heavy atom. The molecule has 0 radical (unpaired) electrons. The van der Waals surface area contributed by atoms with E-state index in [-0.39, 0.29) is 11.8 Å². The van der Waals surface area contributed by atoms with Crippen molar-refractivity contribution in [1.29, 1.82) is 0 Å². The maximum absolute atomic E-state index is 11.6. The number of hydrogen-bond acceptors (Lipinski definition) is 3. The van der Waals surface area contributed by atoms with Gasteiger partial charge < -0.3 is 4.74 Å². The van der Waals surface area contributed by atoms with Gasteiger partial charge in [0, 0.05) is 12.2 Å². The molecular formula is C17H13NO3. The summed E-state index contributed by atoms with van der Waals surface area (Å²) in [5.41, 5.74) is 1.54. The van der Waals surface area contributed by atoms with Crippen molar-refractivity contribution in [3.05, 3.63) is 72.3 Å². The van der Waals surface area contributed by atoms with Gasteiger partial charge >= 0.3 is 0 Å². The second kappa shape index (κ2) is 5.63. The van der Waals surface area contributed by atoms with Crippen molar-refractivity contribution in [3.8, 4) is 5.75 Å². The van der Waals surface area contributed by atoms with Gasteiger partial charge in [0.25, 0.3) is 11.8 Å². The predicted molar refractivity (Wildman–Crippen MR) is 78.8 cm³/mol. The van der Waals surface area contributed by atoms with Gasteiger partial charge in [-0.3, -0.25) is 9.59 Å². The number of hydrogen-bond donors (Lipinski definition) is 0. The lowest BCUT2D eigenvalue weighted by molar-refractivity contribution is -0.119. The number of para-hydroxylation sites is 1. The fourth-order valence-corrected chi connectivity index (χ4v) is 2.08. The standard InChI is InChI=1S/C17H13NO3/c19-16-10-11-17(20)18(16)14-8-6-13(7-9-14)12-21-15-4-2-1-3-5-15/h1-11H,12H2. The van der Waals surface area contributed by atoms with E-state index in [1.165, 1.54) is 12.2 Å². The molecule has 0 saturated heterocycles. The van der Waals surface area contributed by atoms with Crippen molar-refractivity contribution >= 4 is 17.5 Å². The third-order valence-corrected chi connectivity index (χ3v) is 3.15. The van der Waals surface area contributed by atoms with Gasteiger partial charge in [0.1, 0.15) is 12.4 Å². The minimum Gasteiger partial charge on any atom is -0.489 e. The molecule has 21 heavy (non-hydrogen) atoms. The molecule has 4 nitrogen and oxygen atoms in total. The lowest BCUT2D eigenvalue weighted by Gasteiger charge is -2.14. The Hall–Kier alpha value is -2.88. The summed E-state index contributed by atoms with van der Waals surface area (Å²) in [6.07, 6.45) is 2.55. The molecule has 0 spiro atoms. The largest absolute Gasteiger partial charge is 0.489 e. The second-order valence-electron chi connectivity index (χ2n) is 4.61. The van der Waals surface area contributed by atoms with Gasteiger partial charge in [-0.2, -0.15) is 0 Å². The van der Waals surface area contributed by atoms with Crippen molar-refractivity contribution in [2.45, 2.75) is 6.61 Å². The number of carbonyl (C=O) groups excluding carboxylic acids is 2. The van der Waals surface area contributed by atoms with Crippen LogP contribution in [0.15, 0.2) is 66.7 Å². The molecule has 1 heterocycles. The zero-order chi connectivity index (χ0) is 14.7. The van der Waals surface area contributed by atoms with E-state index in [1.807, 2.05) is 42.5 Å². The lowest BCUT2D eigenvalue weighted by Crippen LogP contribution is -2.29. The highest BCUT2D eigenvalue weighted by Gasteiger charge is 2.24. The van der Waals surface area contributed by atoms with Gasteiger partial charge in [0.15, 0.2) is 0 Å². The quantitative estimate of drug-likeness (QED) is 0.808. The minimum atomic E-state index is -0.312. The van der Waals surface area contributed by atoms with Crippen LogP contribution in [-0.4, -0.2) is 11.8 Å². The molecule has 2 amide bonds. The van der Waals surface area contributed by atoms with E-state index < -0.39 is 0 Å². The van der Waals surface area contributed by atoms with Crippen LogP contribution in [0, 0.1) is 0 Å². The first kappa shape index (κ1) is 13.1. The van der Waals surface area contributed by atoms with Crippen LogP contribution in [0.4, 0.5) is 5.69 Å². The number of benzene rings is 2. The summed E-state index contributed by atoms with van der Waals surface area (Å²) in [6.45, 7) is 0.435. The Bertz CT molecular complexity index is 672. The average Bonchev–Trinajstić information content (AvgIpc) is 2.86. The van der Waals surface area contributed by atoms with Gasteiger partial charge in [0.2, 0.25) is 0 Å². The molecule has 3 rings (SSSR count). The highest BCUT2D eigenvalue weighted by atomic mass is 16.5. The zero-order valence-electron chi connectivity index (χ0n) is 11.2. The first-order valence-corrected chi connectivity index (χ1v) is 6.57. The topological polar surface area (TPSA) is 46.6 Å². The normalized spacial score (nSPS) is 13.8. The number of imide groups is 1. The Balaban J connectivity index is 1.67. The maximum Gasteiger partial charge on any atom is 0.258 e. The van der Waals surface area contributed by atoms with Crippen molar-refractivity contribution in [3.63, 3.8) is 0 Å². The van der Waals surface area contributed by atoms with Gasteiger partial charge in [-0.05, 0) is 29.8 Å². The number of carbonyl (C=O) groups is 2. The summed E-state index contributed by atoms with van der Waals surface area (Å²) < 4.78 is 5.64. The molecular weight excluding hydrogens is 266 g/mol. The summed E-state index contributed by atoms with van der Waals surface area (Å²) in [5, 5.41) is 0. The van der Waals surface area contributed by atoms with Crippen molar-refractivity contribution in [1.82, 2.24) is 0 Å². The molecule has 0 aliphatic carbocycles. The van der Waals surface area contributed by atoms with Gasteiger partial charge in [0.05, 0.1) is 5.69 Å². The summed E-state index contributed by atoms with van der Waals surface area (Å²) in [4.78, 5) is 24.3. The third-order valence-electron chi connectivity index (χ3n) is 3.15. The average molecular weight is 279 g/mol. The van der Waals surface area contributed by atoms with Crippen LogP contribution < -0.4 is 9.64 Å². The number of rotatable bonds is 4. The SMILES string of the molecule is O=C1C=CC(=O)N1c1ccc(COc2ccccc2)cc1. The van der Waals surface area contributed by atoms with Gasteiger partial charge in [-0.25, -0.2) is 4.90 Å². The summed E-state index contributed by atoms with van der Waals surface area (Å²) >= 11 is 0. The highest BCUT2D eigenvalue weighted by molar-refractivity contribution is 6.28. The first-order valence-electron chi connectivity index (χ1n) is 6.57. The zero-order valence-corrected chi connectivity index (χ0v) is 11.2. The lowest BCUT2D eigenvalue weighted by atomic mass is 10.2. The molecule has 0 bridgehead atoms. The summed E-state index contributed by atoms with van der Waals surface area (Å²) in [7, 11) is 0. The van der Waals surface area contributed by atoms with Crippen LogP contribution in [0.25, 0.3) is 0 Å². The molecule has 2 aromatic carbocycles. The number of anilines is 1. The third kappa shape index (κ3) is 2.84. The van der Waals surface area contributed by atoms with E-state index in [0.717, 1.165) is 16.2 Å². The van der Waals surface area contributed by atoms with Gasteiger partial charge in [-0.1, -0.05) is 30.3 Å². The van der Waals surface area contributed by atoms with Crippen LogP contribution in [-0.2, 0) is 16.2 Å². The molecule has 1 aliphatic rings. The van der Waals surface area contributed by atoms with Crippen LogP contribution in [0.5, 0.6) is 5.75 Å². The predicted octanol–water partition coefficient (Wildman–Crippen LogP) is 2.70. The molecule has 4 heteroatoms. The molecule has 1 aliphatic heterocycles. The number of ether oxygens (including phenoxy) is 1. The molecule has 0 saturated carbocycles. The summed E-state index contributed by atoms with van der Waals surface area (Å²) in [6, 6.07) is 16.7. The van der Waals surface area contributed by atoms with Crippen molar-refractivity contribution < 1.29 is 14.3 Å².